The first-order valence-corrected chi connectivity index (χ1v) is 4.52. The Labute approximate surface area is 84.7 Å². The quantitative estimate of drug-likeness (QED) is 0.785. The lowest BCUT2D eigenvalue weighted by Crippen LogP contribution is -1.92. The van der Waals surface area contributed by atoms with E-state index in [1.165, 1.54) is 0 Å². The first-order chi connectivity index (χ1) is 7.22. The number of alkyl halides is 2. The molecule has 0 aliphatic rings. The summed E-state index contributed by atoms with van der Waals surface area (Å²) in [7, 11) is 0. The molecule has 2 rings (SSSR count). The van der Waals surface area contributed by atoms with Crippen LogP contribution in [0.3, 0.4) is 0 Å². The van der Waals surface area contributed by atoms with Crippen LogP contribution in [0.4, 0.5) is 8.78 Å². The van der Waals surface area contributed by atoms with Gasteiger partial charge in [-0.15, -0.1) is 0 Å². The Morgan fingerprint density at radius 3 is 2.93 bits per heavy atom. The highest BCUT2D eigenvalue weighted by Gasteiger charge is 2.17. The van der Waals surface area contributed by atoms with Gasteiger partial charge < -0.3 is 9.15 Å². The molecule has 0 N–H and O–H groups in total. The zero-order valence-electron chi connectivity index (χ0n) is 8.04. The van der Waals surface area contributed by atoms with Gasteiger partial charge in [-0.2, -0.15) is 8.78 Å². The van der Waals surface area contributed by atoms with Gasteiger partial charge >= 0.3 is 6.43 Å². The summed E-state index contributed by atoms with van der Waals surface area (Å²) in [6.07, 6.45) is -2.70. The molecule has 0 radical (unpaired) electrons. The molecule has 15 heavy (non-hydrogen) atoms. The second-order valence-electron chi connectivity index (χ2n) is 2.89. The lowest BCUT2D eigenvalue weighted by molar-refractivity contribution is 0.117. The summed E-state index contributed by atoms with van der Waals surface area (Å²) < 4.78 is 34.8. The maximum atomic E-state index is 12.3. The highest BCUT2D eigenvalue weighted by atomic mass is 19.3. The zero-order valence-corrected chi connectivity index (χ0v) is 8.04. The Bertz CT molecular complexity index is 467. The predicted octanol–water partition coefficient (Wildman–Crippen LogP) is 3.16. The number of aromatic nitrogens is 1. The van der Waals surface area contributed by atoms with Crippen molar-refractivity contribution in [1.82, 2.24) is 4.98 Å². The van der Waals surface area contributed by atoms with Crippen LogP contribution in [0.25, 0.3) is 11.1 Å². The van der Waals surface area contributed by atoms with Gasteiger partial charge in [0.1, 0.15) is 5.75 Å². The van der Waals surface area contributed by atoms with Crippen molar-refractivity contribution in [1.29, 1.82) is 0 Å². The molecule has 0 bridgehead atoms. The molecule has 1 heterocycles. The number of oxazole rings is 1. The monoisotopic (exact) mass is 213 g/mol. The minimum atomic E-state index is -2.70. The number of rotatable bonds is 3. The van der Waals surface area contributed by atoms with E-state index in [1.807, 2.05) is 6.92 Å². The number of nitrogens with zero attached hydrogens (tertiary/aromatic N) is 1. The van der Waals surface area contributed by atoms with Gasteiger partial charge in [0.2, 0.25) is 0 Å². The van der Waals surface area contributed by atoms with Gasteiger partial charge in [0.05, 0.1) is 6.61 Å². The molecule has 0 atom stereocenters. The van der Waals surface area contributed by atoms with Crippen LogP contribution < -0.4 is 4.74 Å². The summed E-state index contributed by atoms with van der Waals surface area (Å²) in [4.78, 5) is 3.69. The Hall–Kier alpha value is -1.65. The van der Waals surface area contributed by atoms with Crippen molar-refractivity contribution in [3.05, 3.63) is 24.1 Å². The number of halogens is 2. The number of benzene rings is 1. The summed E-state index contributed by atoms with van der Waals surface area (Å²) in [6, 6.07) is 4.92. The average molecular weight is 213 g/mol. The van der Waals surface area contributed by atoms with Crippen molar-refractivity contribution >= 4 is 11.1 Å². The number of para-hydroxylation sites is 1. The molecule has 0 aliphatic heterocycles. The lowest BCUT2D eigenvalue weighted by Gasteiger charge is -2.01. The molecule has 0 fully saturated rings. The smallest absolute Gasteiger partial charge is 0.313 e. The molecular weight excluding hydrogens is 204 g/mol. The Morgan fingerprint density at radius 1 is 1.47 bits per heavy atom. The largest absolute Gasteiger partial charge is 0.491 e. The molecule has 0 spiro atoms. The summed E-state index contributed by atoms with van der Waals surface area (Å²) in [5.74, 6) is -0.109. The van der Waals surface area contributed by atoms with Crippen LogP contribution in [0, 0.1) is 0 Å². The van der Waals surface area contributed by atoms with E-state index in [4.69, 9.17) is 9.15 Å². The number of hydrogen-bond donors (Lipinski definition) is 0. The molecule has 1 aromatic carbocycles. The minimum absolute atomic E-state index is 0.316. The lowest BCUT2D eigenvalue weighted by atomic mass is 10.3. The van der Waals surface area contributed by atoms with Crippen LogP contribution in [0.1, 0.15) is 19.2 Å². The highest BCUT2D eigenvalue weighted by molar-refractivity contribution is 5.79. The molecule has 0 saturated carbocycles. The third-order valence-corrected chi connectivity index (χ3v) is 1.89. The van der Waals surface area contributed by atoms with Crippen LogP contribution >= 0.6 is 0 Å². The fourth-order valence-corrected chi connectivity index (χ4v) is 1.31. The summed E-state index contributed by atoms with van der Waals surface area (Å²) in [5.41, 5.74) is 0.658. The molecule has 0 saturated heterocycles. The van der Waals surface area contributed by atoms with Crippen molar-refractivity contribution in [2.45, 2.75) is 13.3 Å². The van der Waals surface area contributed by atoms with Crippen LogP contribution in [-0.4, -0.2) is 11.6 Å². The van der Waals surface area contributed by atoms with E-state index >= 15 is 0 Å². The second-order valence-corrected chi connectivity index (χ2v) is 2.89. The van der Waals surface area contributed by atoms with Gasteiger partial charge in [-0.05, 0) is 19.1 Å². The maximum absolute atomic E-state index is 12.3. The van der Waals surface area contributed by atoms with Crippen molar-refractivity contribution in [2.24, 2.45) is 0 Å². The van der Waals surface area contributed by atoms with Crippen molar-refractivity contribution in [3.63, 3.8) is 0 Å². The molecule has 2 aromatic rings. The maximum Gasteiger partial charge on any atom is 0.313 e. The first-order valence-electron chi connectivity index (χ1n) is 4.52. The summed E-state index contributed by atoms with van der Waals surface area (Å²) in [5, 5.41) is 0. The third kappa shape index (κ3) is 1.77. The van der Waals surface area contributed by atoms with E-state index in [1.54, 1.807) is 18.2 Å². The van der Waals surface area contributed by atoms with Gasteiger partial charge in [-0.3, -0.25) is 0 Å². The van der Waals surface area contributed by atoms with Crippen LogP contribution in [0.15, 0.2) is 22.6 Å². The van der Waals surface area contributed by atoms with Crippen LogP contribution in [-0.2, 0) is 0 Å². The molecule has 5 heteroatoms. The standard InChI is InChI=1S/C10H9F2NO2/c1-2-14-6-4-3-5-7-8(6)13-10(15-7)9(11)12/h3-5,9H,2H2,1H3. The molecule has 80 valence electrons. The number of hydrogen-bond acceptors (Lipinski definition) is 3. The van der Waals surface area contributed by atoms with E-state index in [0.717, 1.165) is 0 Å². The average Bonchev–Trinajstić information content (AvgIpc) is 2.63. The molecule has 1 aromatic heterocycles. The number of fused-ring (bicyclic) bond motifs is 1. The molecular formula is C10H9F2NO2. The van der Waals surface area contributed by atoms with Gasteiger partial charge in [0.15, 0.2) is 11.1 Å². The Balaban J connectivity index is 2.54. The van der Waals surface area contributed by atoms with E-state index in [0.29, 0.717) is 23.5 Å². The fraction of sp³-hybridized carbons (Fsp3) is 0.300. The molecule has 0 unspecified atom stereocenters. The predicted molar refractivity (Wildman–Crippen MR) is 50.1 cm³/mol. The summed E-state index contributed by atoms with van der Waals surface area (Å²) >= 11 is 0. The SMILES string of the molecule is CCOc1cccc2oc(C(F)F)nc12. The Kier molecular flexibility index (Phi) is 2.53. The van der Waals surface area contributed by atoms with E-state index in [-0.39, 0.29) is 0 Å². The van der Waals surface area contributed by atoms with E-state index in [2.05, 4.69) is 4.98 Å². The van der Waals surface area contributed by atoms with E-state index < -0.39 is 12.3 Å². The first kappa shape index (κ1) is 9.89. The second kappa shape index (κ2) is 3.84. The highest BCUT2D eigenvalue weighted by Crippen LogP contribution is 2.29. The zero-order chi connectivity index (χ0) is 10.8. The molecule has 0 aliphatic carbocycles. The number of ether oxygens (including phenoxy) is 1. The minimum Gasteiger partial charge on any atom is -0.491 e. The summed E-state index contributed by atoms with van der Waals surface area (Å²) in [6.45, 7) is 2.27. The van der Waals surface area contributed by atoms with Crippen molar-refractivity contribution in [2.75, 3.05) is 6.61 Å². The van der Waals surface area contributed by atoms with Gasteiger partial charge in [-0.1, -0.05) is 6.07 Å². The van der Waals surface area contributed by atoms with Crippen LogP contribution in [0.5, 0.6) is 5.75 Å². The molecule has 3 nitrogen and oxygen atoms in total. The van der Waals surface area contributed by atoms with E-state index in [9.17, 15) is 8.78 Å². The Morgan fingerprint density at radius 2 is 2.27 bits per heavy atom. The van der Waals surface area contributed by atoms with Crippen LogP contribution in [0.2, 0.25) is 0 Å². The fourth-order valence-electron chi connectivity index (χ4n) is 1.31. The van der Waals surface area contributed by atoms with Crippen molar-refractivity contribution in [3.8, 4) is 5.75 Å². The van der Waals surface area contributed by atoms with Gasteiger partial charge in [-0.25, -0.2) is 4.98 Å². The third-order valence-electron chi connectivity index (χ3n) is 1.89. The topological polar surface area (TPSA) is 35.3 Å². The van der Waals surface area contributed by atoms with Crippen molar-refractivity contribution < 1.29 is 17.9 Å². The molecule has 0 amide bonds. The van der Waals surface area contributed by atoms with Gasteiger partial charge in [0.25, 0.3) is 5.89 Å². The van der Waals surface area contributed by atoms with Gasteiger partial charge in [0, 0.05) is 0 Å². The normalized spacial score (nSPS) is 11.2.